The van der Waals surface area contributed by atoms with E-state index in [1.807, 2.05) is 23.1 Å². The zero-order valence-corrected chi connectivity index (χ0v) is 11.6. The molecule has 0 bridgehead atoms. The van der Waals surface area contributed by atoms with E-state index in [0.29, 0.717) is 5.02 Å². The Hall–Kier alpha value is -0.770. The topological polar surface area (TPSA) is 32.3 Å². The monoisotopic (exact) mass is 286 g/mol. The molecule has 0 saturated carbocycles. The molecule has 1 N–H and O–H groups in total. The van der Waals surface area contributed by atoms with E-state index in [1.54, 1.807) is 0 Å². The van der Waals surface area contributed by atoms with Crippen LogP contribution in [0, 0.1) is 0 Å². The Labute approximate surface area is 118 Å². The number of fused-ring (bicyclic) bond motifs is 1. The van der Waals surface area contributed by atoms with E-state index in [-0.39, 0.29) is 24.4 Å². The van der Waals surface area contributed by atoms with Crippen LogP contribution in [0.4, 0.5) is 5.69 Å². The third-order valence-electron chi connectivity index (χ3n) is 3.57. The summed E-state index contributed by atoms with van der Waals surface area (Å²) in [5.74, 6) is 0.198. The van der Waals surface area contributed by atoms with Gasteiger partial charge in [-0.05, 0) is 43.5 Å². The SMILES string of the molecule is Cl.O=C(C1CCCN1)N1CCc2ccc(Cl)cc21. The van der Waals surface area contributed by atoms with Crippen LogP contribution in [0.5, 0.6) is 0 Å². The maximum atomic E-state index is 12.3. The van der Waals surface area contributed by atoms with Crippen LogP contribution >= 0.6 is 24.0 Å². The number of hydrogen-bond donors (Lipinski definition) is 1. The molecule has 0 aromatic heterocycles. The lowest BCUT2D eigenvalue weighted by Crippen LogP contribution is -2.42. The molecule has 1 unspecified atom stereocenters. The number of carbonyl (C=O) groups excluding carboxylic acids is 1. The van der Waals surface area contributed by atoms with Gasteiger partial charge in [0, 0.05) is 17.3 Å². The van der Waals surface area contributed by atoms with Gasteiger partial charge < -0.3 is 10.2 Å². The number of carbonyl (C=O) groups is 1. The maximum Gasteiger partial charge on any atom is 0.244 e. The Bertz CT molecular complexity index is 458. The van der Waals surface area contributed by atoms with E-state index in [1.165, 1.54) is 5.56 Å². The van der Waals surface area contributed by atoms with Gasteiger partial charge in [0.2, 0.25) is 5.91 Å². The summed E-state index contributed by atoms with van der Waals surface area (Å²) in [4.78, 5) is 14.2. The number of amides is 1. The third kappa shape index (κ3) is 2.35. The number of halogens is 2. The highest BCUT2D eigenvalue weighted by Crippen LogP contribution is 2.31. The van der Waals surface area contributed by atoms with Crippen LogP contribution in [0.3, 0.4) is 0 Å². The summed E-state index contributed by atoms with van der Waals surface area (Å²) in [5.41, 5.74) is 2.22. The number of anilines is 1. The lowest BCUT2D eigenvalue weighted by molar-refractivity contribution is -0.120. The van der Waals surface area contributed by atoms with E-state index in [0.717, 1.165) is 38.0 Å². The Morgan fingerprint density at radius 1 is 1.44 bits per heavy atom. The Morgan fingerprint density at radius 3 is 3.00 bits per heavy atom. The molecule has 2 heterocycles. The molecule has 1 aromatic rings. The van der Waals surface area contributed by atoms with E-state index >= 15 is 0 Å². The fourth-order valence-electron chi connectivity index (χ4n) is 2.66. The van der Waals surface area contributed by atoms with Crippen LogP contribution in [0.25, 0.3) is 0 Å². The van der Waals surface area contributed by atoms with Gasteiger partial charge >= 0.3 is 0 Å². The van der Waals surface area contributed by atoms with Crippen molar-refractivity contribution in [3.05, 3.63) is 28.8 Å². The third-order valence-corrected chi connectivity index (χ3v) is 3.80. The van der Waals surface area contributed by atoms with Crippen LogP contribution in [0.15, 0.2) is 18.2 Å². The molecule has 1 amide bonds. The fraction of sp³-hybridized carbons (Fsp3) is 0.462. The minimum absolute atomic E-state index is 0. The first-order valence-corrected chi connectivity index (χ1v) is 6.47. The zero-order chi connectivity index (χ0) is 11.8. The molecule has 98 valence electrons. The zero-order valence-electron chi connectivity index (χ0n) is 9.99. The summed E-state index contributed by atoms with van der Waals surface area (Å²) in [6.07, 6.45) is 2.98. The molecule has 18 heavy (non-hydrogen) atoms. The average Bonchev–Trinajstić information content (AvgIpc) is 2.97. The highest BCUT2D eigenvalue weighted by molar-refractivity contribution is 6.31. The van der Waals surface area contributed by atoms with Gasteiger partial charge in [-0.1, -0.05) is 17.7 Å². The van der Waals surface area contributed by atoms with Crippen LogP contribution in [-0.4, -0.2) is 25.0 Å². The Morgan fingerprint density at radius 2 is 2.28 bits per heavy atom. The number of hydrogen-bond acceptors (Lipinski definition) is 2. The van der Waals surface area contributed by atoms with Gasteiger partial charge in [-0.25, -0.2) is 0 Å². The lowest BCUT2D eigenvalue weighted by Gasteiger charge is -2.21. The first kappa shape index (κ1) is 13.7. The van der Waals surface area contributed by atoms with Gasteiger partial charge in [-0.2, -0.15) is 0 Å². The molecule has 0 aliphatic carbocycles. The van der Waals surface area contributed by atoms with Gasteiger partial charge in [0.25, 0.3) is 0 Å². The number of rotatable bonds is 1. The predicted molar refractivity (Wildman–Crippen MR) is 75.8 cm³/mol. The van der Waals surface area contributed by atoms with Crippen molar-refractivity contribution < 1.29 is 4.79 Å². The second-order valence-corrected chi connectivity index (χ2v) is 5.10. The Kier molecular flexibility index (Phi) is 4.15. The lowest BCUT2D eigenvalue weighted by atomic mass is 10.1. The van der Waals surface area contributed by atoms with Crippen molar-refractivity contribution in [1.82, 2.24) is 5.32 Å². The number of nitrogens with zero attached hydrogens (tertiary/aromatic N) is 1. The quantitative estimate of drug-likeness (QED) is 0.860. The second kappa shape index (κ2) is 5.47. The highest BCUT2D eigenvalue weighted by Gasteiger charge is 2.31. The molecule has 3 rings (SSSR count). The van der Waals surface area contributed by atoms with Crippen molar-refractivity contribution in [2.24, 2.45) is 0 Å². The van der Waals surface area contributed by atoms with Crippen LogP contribution in [-0.2, 0) is 11.2 Å². The first-order valence-electron chi connectivity index (χ1n) is 6.09. The summed E-state index contributed by atoms with van der Waals surface area (Å²) < 4.78 is 0. The van der Waals surface area contributed by atoms with Gasteiger partial charge in [-0.3, -0.25) is 4.79 Å². The van der Waals surface area contributed by atoms with Crippen molar-refractivity contribution in [1.29, 1.82) is 0 Å². The summed E-state index contributed by atoms with van der Waals surface area (Å²) >= 11 is 6.00. The standard InChI is InChI=1S/C13H15ClN2O.ClH/c14-10-4-3-9-5-7-16(12(9)8-10)13(17)11-2-1-6-15-11;/h3-4,8,11,15H,1-2,5-7H2;1H. The van der Waals surface area contributed by atoms with Gasteiger partial charge in [0.15, 0.2) is 0 Å². The maximum absolute atomic E-state index is 12.3. The normalized spacial score (nSPS) is 21.6. The molecule has 2 aliphatic rings. The predicted octanol–water partition coefficient (Wildman–Crippen LogP) is 2.40. The molecule has 0 spiro atoms. The largest absolute Gasteiger partial charge is 0.310 e. The van der Waals surface area contributed by atoms with E-state index in [2.05, 4.69) is 5.32 Å². The van der Waals surface area contributed by atoms with Crippen molar-refractivity contribution in [2.75, 3.05) is 18.0 Å². The second-order valence-electron chi connectivity index (χ2n) is 4.66. The summed E-state index contributed by atoms with van der Waals surface area (Å²) in [7, 11) is 0. The molecule has 2 aliphatic heterocycles. The summed E-state index contributed by atoms with van der Waals surface area (Å²) in [6, 6.07) is 5.81. The number of benzene rings is 1. The molecule has 5 heteroatoms. The van der Waals surface area contributed by atoms with Crippen molar-refractivity contribution in [3.8, 4) is 0 Å². The molecule has 0 radical (unpaired) electrons. The average molecular weight is 287 g/mol. The van der Waals surface area contributed by atoms with Crippen molar-refractivity contribution >= 4 is 35.6 Å². The van der Waals surface area contributed by atoms with E-state index in [4.69, 9.17) is 11.6 Å². The molecule has 1 saturated heterocycles. The molecule has 1 atom stereocenters. The molecule has 1 aromatic carbocycles. The van der Waals surface area contributed by atoms with Gasteiger partial charge in [0.1, 0.15) is 0 Å². The molecular weight excluding hydrogens is 271 g/mol. The van der Waals surface area contributed by atoms with Crippen LogP contribution in [0.1, 0.15) is 18.4 Å². The van der Waals surface area contributed by atoms with E-state index in [9.17, 15) is 4.79 Å². The summed E-state index contributed by atoms with van der Waals surface area (Å²) in [5, 5.41) is 3.95. The molecule has 1 fully saturated rings. The minimum Gasteiger partial charge on any atom is -0.310 e. The van der Waals surface area contributed by atoms with Crippen LogP contribution in [0.2, 0.25) is 5.02 Å². The molecular formula is C13H16Cl2N2O. The fourth-order valence-corrected chi connectivity index (χ4v) is 2.83. The smallest absolute Gasteiger partial charge is 0.244 e. The van der Waals surface area contributed by atoms with Crippen molar-refractivity contribution in [3.63, 3.8) is 0 Å². The van der Waals surface area contributed by atoms with E-state index < -0.39 is 0 Å². The van der Waals surface area contributed by atoms with Crippen molar-refractivity contribution in [2.45, 2.75) is 25.3 Å². The van der Waals surface area contributed by atoms with Gasteiger partial charge in [0.05, 0.1) is 6.04 Å². The van der Waals surface area contributed by atoms with Crippen LogP contribution < -0.4 is 10.2 Å². The summed E-state index contributed by atoms with van der Waals surface area (Å²) in [6.45, 7) is 1.74. The molecule has 3 nitrogen and oxygen atoms in total. The Balaban J connectivity index is 0.00000120. The van der Waals surface area contributed by atoms with Gasteiger partial charge in [-0.15, -0.1) is 12.4 Å². The minimum atomic E-state index is -0.0000633. The highest BCUT2D eigenvalue weighted by atomic mass is 35.5. The first-order chi connectivity index (χ1) is 8.25. The number of nitrogens with one attached hydrogen (secondary N) is 1.